The molecule has 0 radical (unpaired) electrons. The highest BCUT2D eigenvalue weighted by molar-refractivity contribution is 5.93. The molecular weight excluding hydrogens is 342 g/mol. The maximum absolute atomic E-state index is 12.6. The van der Waals surface area contributed by atoms with Crippen LogP contribution in [0.5, 0.6) is 0 Å². The largest absolute Gasteiger partial charge is 0.356 e. The highest BCUT2D eigenvalue weighted by atomic mass is 16.5. The van der Waals surface area contributed by atoms with Gasteiger partial charge in [-0.25, -0.2) is 4.98 Å². The highest BCUT2D eigenvalue weighted by Gasteiger charge is 2.27. The Bertz CT molecular complexity index is 943. The summed E-state index contributed by atoms with van der Waals surface area (Å²) in [5, 5.41) is 7.89. The van der Waals surface area contributed by atoms with Crippen LogP contribution < -0.4 is 10.2 Å². The van der Waals surface area contributed by atoms with Crippen LogP contribution in [0, 0.1) is 12.8 Å². The number of fused-ring (bicyclic) bond motifs is 1. The molecule has 1 saturated heterocycles. The predicted octanol–water partition coefficient (Wildman–Crippen LogP) is 3.34. The fourth-order valence-corrected chi connectivity index (χ4v) is 3.57. The summed E-state index contributed by atoms with van der Waals surface area (Å²) < 4.78 is 5.23. The SMILES string of the molecule is CCc1ccc(NC(=O)C2CCN(c3ncnc4onc(C)c34)CC2)cc1. The van der Waals surface area contributed by atoms with Gasteiger partial charge in [-0.05, 0) is 43.9 Å². The molecule has 3 aromatic rings. The molecule has 1 aliphatic rings. The van der Waals surface area contributed by atoms with Gasteiger partial charge in [0.2, 0.25) is 5.91 Å². The van der Waals surface area contributed by atoms with Crippen molar-refractivity contribution >= 4 is 28.5 Å². The maximum Gasteiger partial charge on any atom is 0.263 e. The first kappa shape index (κ1) is 17.5. The van der Waals surface area contributed by atoms with Crippen LogP contribution in [-0.2, 0) is 11.2 Å². The molecule has 1 aromatic carbocycles. The van der Waals surface area contributed by atoms with Crippen molar-refractivity contribution in [3.8, 4) is 0 Å². The van der Waals surface area contributed by atoms with Crippen molar-refractivity contribution in [3.05, 3.63) is 41.9 Å². The minimum Gasteiger partial charge on any atom is -0.356 e. The fraction of sp³-hybridized carbons (Fsp3) is 0.400. The number of aryl methyl sites for hydroxylation is 2. The first-order valence-corrected chi connectivity index (χ1v) is 9.37. The molecule has 27 heavy (non-hydrogen) atoms. The number of anilines is 2. The lowest BCUT2D eigenvalue weighted by Crippen LogP contribution is -2.38. The monoisotopic (exact) mass is 365 g/mol. The summed E-state index contributed by atoms with van der Waals surface area (Å²) in [5.41, 5.74) is 3.42. The van der Waals surface area contributed by atoms with Crippen molar-refractivity contribution < 1.29 is 9.32 Å². The van der Waals surface area contributed by atoms with Gasteiger partial charge in [-0.15, -0.1) is 0 Å². The van der Waals surface area contributed by atoms with Crippen molar-refractivity contribution in [1.82, 2.24) is 15.1 Å². The van der Waals surface area contributed by atoms with Crippen LogP contribution in [0.15, 0.2) is 35.1 Å². The van der Waals surface area contributed by atoms with Gasteiger partial charge in [-0.1, -0.05) is 24.2 Å². The molecule has 3 heterocycles. The van der Waals surface area contributed by atoms with Gasteiger partial charge in [0.1, 0.15) is 17.5 Å². The third kappa shape index (κ3) is 3.49. The zero-order chi connectivity index (χ0) is 18.8. The summed E-state index contributed by atoms with van der Waals surface area (Å²) in [4.78, 5) is 23.4. The van der Waals surface area contributed by atoms with E-state index in [-0.39, 0.29) is 11.8 Å². The summed E-state index contributed by atoms with van der Waals surface area (Å²) in [6, 6.07) is 8.05. The molecule has 7 nitrogen and oxygen atoms in total. The van der Waals surface area contributed by atoms with E-state index in [1.165, 1.54) is 11.9 Å². The first-order valence-electron chi connectivity index (χ1n) is 9.37. The number of benzene rings is 1. The molecule has 1 aliphatic heterocycles. The maximum atomic E-state index is 12.6. The summed E-state index contributed by atoms with van der Waals surface area (Å²) in [6.07, 6.45) is 4.07. The number of carbonyl (C=O) groups excluding carboxylic acids is 1. The fourth-order valence-electron chi connectivity index (χ4n) is 3.57. The van der Waals surface area contributed by atoms with Crippen LogP contribution in [0.2, 0.25) is 0 Å². The van der Waals surface area contributed by atoms with Gasteiger partial charge >= 0.3 is 0 Å². The average Bonchev–Trinajstić information content (AvgIpc) is 3.10. The lowest BCUT2D eigenvalue weighted by atomic mass is 9.95. The van der Waals surface area contributed by atoms with E-state index in [0.717, 1.165) is 54.9 Å². The van der Waals surface area contributed by atoms with Crippen molar-refractivity contribution in [2.75, 3.05) is 23.3 Å². The molecule has 4 rings (SSSR count). The molecule has 0 aliphatic carbocycles. The summed E-state index contributed by atoms with van der Waals surface area (Å²) in [5.74, 6) is 0.939. The number of hydrogen-bond donors (Lipinski definition) is 1. The van der Waals surface area contributed by atoms with Crippen LogP contribution in [0.4, 0.5) is 11.5 Å². The minimum absolute atomic E-state index is 0.00741. The van der Waals surface area contributed by atoms with E-state index >= 15 is 0 Å². The Morgan fingerprint density at radius 2 is 1.96 bits per heavy atom. The molecule has 1 amide bonds. The quantitative estimate of drug-likeness (QED) is 0.763. The standard InChI is InChI=1S/C20H23N5O2/c1-3-14-4-6-16(7-5-14)23-19(26)15-8-10-25(11-9-15)18-17-13(2)24-27-20(17)22-12-21-18/h4-7,12,15H,3,8-11H2,1-2H3,(H,23,26). The highest BCUT2D eigenvalue weighted by Crippen LogP contribution is 2.29. The number of nitrogens with one attached hydrogen (secondary N) is 1. The van der Waals surface area contributed by atoms with E-state index in [1.807, 2.05) is 19.1 Å². The van der Waals surface area contributed by atoms with E-state index in [1.54, 1.807) is 0 Å². The molecule has 1 fully saturated rings. The van der Waals surface area contributed by atoms with Gasteiger partial charge in [-0.2, -0.15) is 4.98 Å². The molecule has 0 saturated carbocycles. The summed E-state index contributed by atoms with van der Waals surface area (Å²) in [7, 11) is 0. The average molecular weight is 365 g/mol. The van der Waals surface area contributed by atoms with Gasteiger partial charge in [0.15, 0.2) is 0 Å². The zero-order valence-electron chi connectivity index (χ0n) is 15.6. The van der Waals surface area contributed by atoms with Crippen molar-refractivity contribution in [1.29, 1.82) is 0 Å². The smallest absolute Gasteiger partial charge is 0.263 e. The number of aromatic nitrogens is 3. The van der Waals surface area contributed by atoms with Crippen molar-refractivity contribution in [2.45, 2.75) is 33.1 Å². The van der Waals surface area contributed by atoms with Gasteiger partial charge in [-0.3, -0.25) is 4.79 Å². The zero-order valence-corrected chi connectivity index (χ0v) is 15.6. The Morgan fingerprint density at radius 3 is 2.67 bits per heavy atom. The Balaban J connectivity index is 1.40. The number of piperidine rings is 1. The van der Waals surface area contributed by atoms with Gasteiger partial charge in [0, 0.05) is 24.7 Å². The number of amides is 1. The molecule has 2 aromatic heterocycles. The van der Waals surface area contributed by atoms with Crippen LogP contribution in [0.25, 0.3) is 11.1 Å². The Hall–Kier alpha value is -2.96. The lowest BCUT2D eigenvalue weighted by molar-refractivity contribution is -0.120. The molecular formula is C20H23N5O2. The van der Waals surface area contributed by atoms with E-state index in [4.69, 9.17) is 4.52 Å². The molecule has 0 atom stereocenters. The topological polar surface area (TPSA) is 84.2 Å². The molecule has 0 spiro atoms. The third-order valence-electron chi connectivity index (χ3n) is 5.22. The Labute approximate surface area is 157 Å². The van der Waals surface area contributed by atoms with Crippen molar-refractivity contribution in [3.63, 3.8) is 0 Å². The van der Waals surface area contributed by atoms with Crippen molar-refractivity contribution in [2.24, 2.45) is 5.92 Å². The number of hydrogen-bond acceptors (Lipinski definition) is 6. The van der Waals surface area contributed by atoms with Crippen LogP contribution in [0.3, 0.4) is 0 Å². The third-order valence-corrected chi connectivity index (χ3v) is 5.22. The van der Waals surface area contributed by atoms with Gasteiger partial charge < -0.3 is 14.7 Å². The summed E-state index contributed by atoms with van der Waals surface area (Å²) in [6.45, 7) is 5.55. The Morgan fingerprint density at radius 1 is 1.22 bits per heavy atom. The molecule has 1 N–H and O–H groups in total. The van der Waals surface area contributed by atoms with Crippen LogP contribution in [-0.4, -0.2) is 34.1 Å². The second-order valence-electron chi connectivity index (χ2n) is 6.95. The second kappa shape index (κ2) is 7.34. The lowest BCUT2D eigenvalue weighted by Gasteiger charge is -2.32. The number of nitrogens with zero attached hydrogens (tertiary/aromatic N) is 4. The molecule has 7 heteroatoms. The van der Waals surface area contributed by atoms with Gasteiger partial charge in [0.25, 0.3) is 5.71 Å². The van der Waals surface area contributed by atoms with Gasteiger partial charge in [0.05, 0.1) is 5.69 Å². The predicted molar refractivity (Wildman–Crippen MR) is 104 cm³/mol. The Kier molecular flexibility index (Phi) is 4.75. The molecule has 0 bridgehead atoms. The number of carbonyl (C=O) groups is 1. The second-order valence-corrected chi connectivity index (χ2v) is 6.95. The summed E-state index contributed by atoms with van der Waals surface area (Å²) >= 11 is 0. The van der Waals surface area contributed by atoms with E-state index in [2.05, 4.69) is 44.4 Å². The van der Waals surface area contributed by atoms with E-state index in [9.17, 15) is 4.79 Å². The molecule has 140 valence electrons. The molecule has 0 unspecified atom stereocenters. The van der Waals surface area contributed by atoms with Crippen LogP contribution in [0.1, 0.15) is 31.0 Å². The van der Waals surface area contributed by atoms with Crippen LogP contribution >= 0.6 is 0 Å². The minimum atomic E-state index is 0.00741. The van der Waals surface area contributed by atoms with E-state index < -0.39 is 0 Å². The normalized spacial score (nSPS) is 15.3. The first-order chi connectivity index (χ1) is 13.2. The number of rotatable bonds is 4. The van der Waals surface area contributed by atoms with E-state index in [0.29, 0.717) is 5.71 Å².